The highest BCUT2D eigenvalue weighted by molar-refractivity contribution is 5.72. The molecule has 0 spiro atoms. The van der Waals surface area contributed by atoms with Gasteiger partial charge in [-0.2, -0.15) is 0 Å². The third kappa shape index (κ3) is 4.86. The molecule has 1 aromatic rings. The summed E-state index contributed by atoms with van der Waals surface area (Å²) >= 11 is 0. The fraction of sp³-hybridized carbons (Fsp3) is 0.632. The van der Waals surface area contributed by atoms with E-state index in [1.54, 1.807) is 6.92 Å². The zero-order valence-electron chi connectivity index (χ0n) is 15.1. The Morgan fingerprint density at radius 3 is 2.59 bits per heavy atom. The molecule has 8 heteroatoms. The normalized spacial score (nSPS) is 28.0. The summed E-state index contributed by atoms with van der Waals surface area (Å²) in [5, 5.41) is 0. The van der Waals surface area contributed by atoms with Crippen molar-refractivity contribution >= 4 is 5.97 Å². The van der Waals surface area contributed by atoms with Crippen LogP contribution in [0.15, 0.2) is 18.2 Å². The molecule has 1 heterocycles. The molecule has 0 amide bonds. The quantitative estimate of drug-likeness (QED) is 0.788. The lowest BCUT2D eigenvalue weighted by molar-refractivity contribution is -0.274. The van der Waals surface area contributed by atoms with Crippen molar-refractivity contribution in [2.24, 2.45) is 17.6 Å². The average molecular weight is 387 g/mol. The molecule has 0 saturated heterocycles. The topological polar surface area (TPSA) is 70.8 Å². The van der Waals surface area contributed by atoms with Crippen molar-refractivity contribution in [3.05, 3.63) is 23.8 Å². The number of carbonyl (C=O) groups excluding carboxylic acids is 1. The highest BCUT2D eigenvalue weighted by Crippen LogP contribution is 2.42. The molecule has 1 saturated carbocycles. The number of fused-ring (bicyclic) bond motifs is 1. The van der Waals surface area contributed by atoms with Crippen LogP contribution in [0.1, 0.15) is 50.6 Å². The van der Waals surface area contributed by atoms with E-state index in [-0.39, 0.29) is 35.7 Å². The number of carbonyl (C=O) groups is 1. The first kappa shape index (κ1) is 19.8. The third-order valence-electron chi connectivity index (χ3n) is 5.30. The minimum absolute atomic E-state index is 0.0856. The van der Waals surface area contributed by atoms with Crippen molar-refractivity contribution in [3.8, 4) is 11.5 Å². The number of nitrogens with two attached hydrogens (primary N) is 1. The zero-order valence-corrected chi connectivity index (χ0v) is 15.1. The van der Waals surface area contributed by atoms with Gasteiger partial charge >= 0.3 is 12.3 Å². The third-order valence-corrected chi connectivity index (χ3v) is 5.30. The molecule has 1 aliphatic heterocycles. The summed E-state index contributed by atoms with van der Waals surface area (Å²) in [4.78, 5) is 11.9. The largest absolute Gasteiger partial charge is 0.573 e. The fourth-order valence-corrected chi connectivity index (χ4v) is 3.98. The standard InChI is InChI=1S/C19H24F3NO4/c1-2-25-18(24)12-5-3-11(4-6-12)16-10-15(23)14-8-7-13(9-17(14)26-16)27-19(20,21)22/h7-9,11-12,15-16H,2-6,10,23H2,1H3/t11-,12+,15-,16-/m1/s1. The van der Waals surface area contributed by atoms with E-state index in [1.165, 1.54) is 18.2 Å². The van der Waals surface area contributed by atoms with E-state index in [0.717, 1.165) is 25.7 Å². The Bertz CT molecular complexity index is 671. The highest BCUT2D eigenvalue weighted by Gasteiger charge is 2.37. The van der Waals surface area contributed by atoms with Crippen LogP contribution in [0.3, 0.4) is 0 Å². The second-order valence-corrected chi connectivity index (χ2v) is 7.11. The minimum Gasteiger partial charge on any atom is -0.490 e. The molecule has 5 nitrogen and oxygen atoms in total. The average Bonchev–Trinajstić information content (AvgIpc) is 2.60. The summed E-state index contributed by atoms with van der Waals surface area (Å²) in [5.41, 5.74) is 6.90. The first-order chi connectivity index (χ1) is 12.8. The van der Waals surface area contributed by atoms with Crippen molar-refractivity contribution < 1.29 is 32.2 Å². The summed E-state index contributed by atoms with van der Waals surface area (Å²) < 4.78 is 52.4. The van der Waals surface area contributed by atoms with Crippen molar-refractivity contribution in [2.75, 3.05) is 6.61 Å². The Kier molecular flexibility index (Phi) is 5.83. The van der Waals surface area contributed by atoms with E-state index < -0.39 is 6.36 Å². The van der Waals surface area contributed by atoms with Crippen molar-refractivity contribution in [3.63, 3.8) is 0 Å². The summed E-state index contributed by atoms with van der Waals surface area (Å²) in [7, 11) is 0. The van der Waals surface area contributed by atoms with Gasteiger partial charge in [-0.25, -0.2) is 0 Å². The number of hydrogen-bond donors (Lipinski definition) is 1. The molecule has 0 radical (unpaired) electrons. The molecule has 0 bridgehead atoms. The molecule has 150 valence electrons. The monoisotopic (exact) mass is 387 g/mol. The van der Waals surface area contributed by atoms with Gasteiger partial charge in [-0.3, -0.25) is 4.79 Å². The van der Waals surface area contributed by atoms with Crippen molar-refractivity contribution in [1.82, 2.24) is 0 Å². The van der Waals surface area contributed by atoms with Gasteiger partial charge in [0.05, 0.1) is 12.5 Å². The van der Waals surface area contributed by atoms with Gasteiger partial charge in [0.15, 0.2) is 0 Å². The second-order valence-electron chi connectivity index (χ2n) is 7.11. The Balaban J connectivity index is 1.65. The maximum absolute atomic E-state index is 12.4. The molecule has 3 rings (SSSR count). The van der Waals surface area contributed by atoms with Crippen LogP contribution in [0, 0.1) is 11.8 Å². The molecule has 2 atom stereocenters. The number of rotatable bonds is 4. The van der Waals surface area contributed by atoms with Gasteiger partial charge in [0.25, 0.3) is 0 Å². The van der Waals surface area contributed by atoms with Crippen LogP contribution in [0.5, 0.6) is 11.5 Å². The van der Waals surface area contributed by atoms with E-state index in [0.29, 0.717) is 24.3 Å². The Hall–Kier alpha value is -1.96. The zero-order chi connectivity index (χ0) is 19.6. The molecule has 1 aliphatic carbocycles. The number of esters is 1. The Morgan fingerprint density at radius 1 is 1.26 bits per heavy atom. The smallest absolute Gasteiger partial charge is 0.490 e. The fourth-order valence-electron chi connectivity index (χ4n) is 3.98. The van der Waals surface area contributed by atoms with Crippen LogP contribution in [-0.4, -0.2) is 25.0 Å². The SMILES string of the molecule is CCOC(=O)[C@H]1CC[C@@H]([C@H]2C[C@@H](N)c3ccc(OC(F)(F)F)cc3O2)CC1. The molecular formula is C19H24F3NO4. The van der Waals surface area contributed by atoms with E-state index in [4.69, 9.17) is 15.2 Å². The molecule has 1 aromatic carbocycles. The molecule has 2 N–H and O–H groups in total. The van der Waals surface area contributed by atoms with E-state index in [2.05, 4.69) is 4.74 Å². The predicted octanol–water partition coefficient (Wildman–Crippen LogP) is 4.11. The van der Waals surface area contributed by atoms with E-state index >= 15 is 0 Å². The number of hydrogen-bond acceptors (Lipinski definition) is 5. The van der Waals surface area contributed by atoms with Crippen LogP contribution in [-0.2, 0) is 9.53 Å². The Morgan fingerprint density at radius 2 is 1.96 bits per heavy atom. The summed E-state index contributed by atoms with van der Waals surface area (Å²) in [5.74, 6) is -0.00996. The molecule has 2 aliphatic rings. The number of benzene rings is 1. The summed E-state index contributed by atoms with van der Waals surface area (Å²) in [6.07, 6.45) is -1.29. The van der Waals surface area contributed by atoms with Crippen molar-refractivity contribution in [1.29, 1.82) is 0 Å². The van der Waals surface area contributed by atoms with Crippen LogP contribution >= 0.6 is 0 Å². The van der Waals surface area contributed by atoms with Crippen LogP contribution in [0.2, 0.25) is 0 Å². The van der Waals surface area contributed by atoms with Crippen LogP contribution in [0.4, 0.5) is 13.2 Å². The summed E-state index contributed by atoms with van der Waals surface area (Å²) in [6.45, 7) is 2.16. The minimum atomic E-state index is -4.75. The highest BCUT2D eigenvalue weighted by atomic mass is 19.4. The van der Waals surface area contributed by atoms with E-state index in [9.17, 15) is 18.0 Å². The molecule has 0 aromatic heterocycles. The number of halogens is 3. The van der Waals surface area contributed by atoms with Gasteiger partial charge in [-0.05, 0) is 44.6 Å². The van der Waals surface area contributed by atoms with Crippen LogP contribution < -0.4 is 15.2 Å². The second kappa shape index (κ2) is 7.96. The molecule has 0 unspecified atom stereocenters. The van der Waals surface area contributed by atoms with Gasteiger partial charge in [0, 0.05) is 24.1 Å². The van der Waals surface area contributed by atoms with Gasteiger partial charge in [0.2, 0.25) is 0 Å². The van der Waals surface area contributed by atoms with Crippen molar-refractivity contribution in [2.45, 2.75) is 57.5 Å². The van der Waals surface area contributed by atoms with Crippen LogP contribution in [0.25, 0.3) is 0 Å². The Labute approximate surface area is 156 Å². The lowest BCUT2D eigenvalue weighted by Gasteiger charge is -2.38. The lowest BCUT2D eigenvalue weighted by atomic mass is 9.77. The van der Waals surface area contributed by atoms with Gasteiger partial charge < -0.3 is 19.9 Å². The number of ether oxygens (including phenoxy) is 3. The first-order valence-corrected chi connectivity index (χ1v) is 9.25. The molecule has 27 heavy (non-hydrogen) atoms. The maximum atomic E-state index is 12.4. The van der Waals surface area contributed by atoms with E-state index in [1.807, 2.05) is 0 Å². The lowest BCUT2D eigenvalue weighted by Crippen LogP contribution is -2.38. The predicted molar refractivity (Wildman–Crippen MR) is 91.2 cm³/mol. The summed E-state index contributed by atoms with van der Waals surface area (Å²) in [6, 6.07) is 3.72. The first-order valence-electron chi connectivity index (χ1n) is 9.25. The van der Waals surface area contributed by atoms with Gasteiger partial charge in [-0.1, -0.05) is 6.07 Å². The number of alkyl halides is 3. The van der Waals surface area contributed by atoms with Gasteiger partial charge in [-0.15, -0.1) is 13.2 Å². The maximum Gasteiger partial charge on any atom is 0.573 e. The molecular weight excluding hydrogens is 363 g/mol. The molecule has 1 fully saturated rings. The van der Waals surface area contributed by atoms with Gasteiger partial charge in [0.1, 0.15) is 17.6 Å².